The Labute approximate surface area is 193 Å². The van der Waals surface area contributed by atoms with E-state index in [1.807, 2.05) is 6.92 Å². The number of carbonyl (C=O) groups excluding carboxylic acids is 2. The smallest absolute Gasteiger partial charge is 0.254 e. The highest BCUT2D eigenvalue weighted by molar-refractivity contribution is 6.42. The predicted octanol–water partition coefficient (Wildman–Crippen LogP) is 3.17. The SMILES string of the molecule is C[C@@H]1Cc2nn3c(c2CN1C(=O)c1ccc(Cl)c(Cl)c1)-c1nocc1CC(C=O)(CO)C3. The molecule has 3 aromatic rings. The number of fused-ring (bicyclic) bond motifs is 5. The van der Waals surface area contributed by atoms with Crippen LogP contribution in [0, 0.1) is 5.41 Å². The Bertz CT molecular complexity index is 1240. The normalized spacial score (nSPS) is 22.0. The molecule has 0 radical (unpaired) electrons. The Morgan fingerprint density at radius 2 is 2.19 bits per heavy atom. The zero-order chi connectivity index (χ0) is 22.6. The Balaban J connectivity index is 1.58. The molecule has 4 heterocycles. The predicted molar refractivity (Wildman–Crippen MR) is 117 cm³/mol. The van der Waals surface area contributed by atoms with Crippen LogP contribution in [-0.2, 0) is 30.7 Å². The van der Waals surface area contributed by atoms with Crippen LogP contribution in [0.15, 0.2) is 29.0 Å². The number of hydrogen-bond donors (Lipinski definition) is 1. The molecule has 10 heteroatoms. The number of aldehydes is 1. The third kappa shape index (κ3) is 3.25. The van der Waals surface area contributed by atoms with E-state index in [1.54, 1.807) is 27.8 Å². The summed E-state index contributed by atoms with van der Waals surface area (Å²) >= 11 is 12.1. The lowest BCUT2D eigenvalue weighted by Gasteiger charge is -2.33. The minimum atomic E-state index is -1.01. The largest absolute Gasteiger partial charge is 0.395 e. The number of rotatable bonds is 3. The summed E-state index contributed by atoms with van der Waals surface area (Å²) in [5.41, 5.74) is 3.20. The van der Waals surface area contributed by atoms with Crippen molar-refractivity contribution in [3.8, 4) is 11.4 Å². The van der Waals surface area contributed by atoms with Crippen molar-refractivity contribution in [2.45, 2.75) is 38.9 Å². The number of nitrogens with zero attached hydrogens (tertiary/aromatic N) is 4. The Morgan fingerprint density at radius 3 is 2.91 bits per heavy atom. The zero-order valence-electron chi connectivity index (χ0n) is 17.2. The molecule has 0 bridgehead atoms. The Hall–Kier alpha value is -2.68. The third-order valence-electron chi connectivity index (χ3n) is 6.35. The molecule has 2 aliphatic heterocycles. The van der Waals surface area contributed by atoms with Crippen LogP contribution in [0.25, 0.3) is 11.4 Å². The number of aromatic nitrogens is 3. The monoisotopic (exact) mass is 474 g/mol. The van der Waals surface area contributed by atoms with Gasteiger partial charge in [-0.2, -0.15) is 5.10 Å². The fourth-order valence-electron chi connectivity index (χ4n) is 4.57. The first kappa shape index (κ1) is 21.2. The highest BCUT2D eigenvalue weighted by Crippen LogP contribution is 2.40. The van der Waals surface area contributed by atoms with Gasteiger partial charge in [-0.05, 0) is 31.5 Å². The summed E-state index contributed by atoms with van der Waals surface area (Å²) in [4.78, 5) is 27.0. The number of amides is 1. The van der Waals surface area contributed by atoms with Crippen molar-refractivity contribution in [1.29, 1.82) is 0 Å². The summed E-state index contributed by atoms with van der Waals surface area (Å²) in [6.45, 7) is 2.20. The first-order valence-electron chi connectivity index (χ1n) is 10.2. The molecular weight excluding hydrogens is 455 g/mol. The topological polar surface area (TPSA) is 101 Å². The number of hydrogen-bond acceptors (Lipinski definition) is 6. The van der Waals surface area contributed by atoms with E-state index in [2.05, 4.69) is 5.16 Å². The summed E-state index contributed by atoms with van der Waals surface area (Å²) in [5.74, 6) is -0.159. The molecule has 1 aromatic carbocycles. The highest BCUT2D eigenvalue weighted by Gasteiger charge is 2.41. The molecule has 8 nitrogen and oxygen atoms in total. The van der Waals surface area contributed by atoms with E-state index in [0.29, 0.717) is 40.7 Å². The lowest BCUT2D eigenvalue weighted by molar-refractivity contribution is -0.119. The molecule has 2 aliphatic rings. The lowest BCUT2D eigenvalue weighted by Crippen LogP contribution is -2.42. The standard InChI is InChI=1S/C22H20Cl2N4O4/c1-12-4-18-15(7-27(12)21(31)13-2-3-16(23)17(24)5-13)20-19-14(8-32-26-19)6-22(10-29,11-30)9-28(20)25-18/h2-3,5,8,10,12,30H,4,6-7,9,11H2,1H3/t12-,22?/m1/s1. The van der Waals surface area contributed by atoms with E-state index in [9.17, 15) is 14.7 Å². The fraction of sp³-hybridized carbons (Fsp3) is 0.364. The van der Waals surface area contributed by atoms with Gasteiger partial charge in [-0.3, -0.25) is 9.48 Å². The van der Waals surface area contributed by atoms with E-state index in [-0.39, 0.29) is 25.1 Å². The van der Waals surface area contributed by atoms with Crippen molar-refractivity contribution >= 4 is 35.4 Å². The van der Waals surface area contributed by atoms with Crippen LogP contribution < -0.4 is 0 Å². The molecule has 1 unspecified atom stereocenters. The van der Waals surface area contributed by atoms with Gasteiger partial charge in [0.2, 0.25) is 0 Å². The van der Waals surface area contributed by atoms with Crippen molar-refractivity contribution in [3.63, 3.8) is 0 Å². The first-order chi connectivity index (χ1) is 15.4. The Kier molecular flexibility index (Phi) is 5.11. The molecule has 2 aromatic heterocycles. The van der Waals surface area contributed by atoms with Crippen molar-refractivity contribution in [2.24, 2.45) is 5.41 Å². The molecular formula is C22H20Cl2N4O4. The van der Waals surface area contributed by atoms with Gasteiger partial charge >= 0.3 is 0 Å². The van der Waals surface area contributed by atoms with Crippen molar-refractivity contribution in [3.05, 3.63) is 56.9 Å². The molecule has 0 saturated heterocycles. The molecule has 2 atom stereocenters. The molecule has 1 N–H and O–H groups in total. The van der Waals surface area contributed by atoms with Gasteiger partial charge in [0.25, 0.3) is 5.91 Å². The minimum absolute atomic E-state index is 0.103. The van der Waals surface area contributed by atoms with E-state index in [1.165, 1.54) is 6.26 Å². The minimum Gasteiger partial charge on any atom is -0.395 e. The average Bonchev–Trinajstić information content (AvgIpc) is 3.33. The van der Waals surface area contributed by atoms with Crippen LogP contribution in [0.4, 0.5) is 0 Å². The van der Waals surface area contributed by atoms with Gasteiger partial charge in [0.1, 0.15) is 18.2 Å². The first-order valence-corrected chi connectivity index (χ1v) is 11.0. The maximum absolute atomic E-state index is 13.3. The molecule has 32 heavy (non-hydrogen) atoms. The van der Waals surface area contributed by atoms with E-state index < -0.39 is 5.41 Å². The molecule has 0 fully saturated rings. The van der Waals surface area contributed by atoms with E-state index in [0.717, 1.165) is 28.8 Å². The van der Waals surface area contributed by atoms with Crippen molar-refractivity contribution in [2.75, 3.05) is 6.61 Å². The summed E-state index contributed by atoms with van der Waals surface area (Å²) in [6.07, 6.45) is 3.12. The van der Waals surface area contributed by atoms with Crippen LogP contribution in [-0.4, -0.2) is 49.8 Å². The lowest BCUT2D eigenvalue weighted by atomic mass is 9.84. The van der Waals surface area contributed by atoms with Crippen molar-refractivity contribution < 1.29 is 19.2 Å². The summed E-state index contributed by atoms with van der Waals surface area (Å²) < 4.78 is 6.94. The summed E-state index contributed by atoms with van der Waals surface area (Å²) in [5, 5.41) is 19.6. The highest BCUT2D eigenvalue weighted by atomic mass is 35.5. The summed E-state index contributed by atoms with van der Waals surface area (Å²) in [7, 11) is 0. The van der Waals surface area contributed by atoms with Gasteiger partial charge < -0.3 is 19.3 Å². The van der Waals surface area contributed by atoms with Crippen LogP contribution in [0.5, 0.6) is 0 Å². The Morgan fingerprint density at radius 1 is 1.38 bits per heavy atom. The van der Waals surface area contributed by atoms with Gasteiger partial charge in [0, 0.05) is 29.2 Å². The third-order valence-corrected chi connectivity index (χ3v) is 7.09. The number of benzene rings is 1. The van der Waals surface area contributed by atoms with E-state index >= 15 is 0 Å². The fourth-order valence-corrected chi connectivity index (χ4v) is 4.87. The molecule has 0 saturated carbocycles. The number of carbonyl (C=O) groups is 2. The number of aliphatic hydroxyl groups is 1. The maximum Gasteiger partial charge on any atom is 0.254 e. The molecule has 0 aliphatic carbocycles. The molecule has 5 rings (SSSR count). The molecule has 166 valence electrons. The summed E-state index contributed by atoms with van der Waals surface area (Å²) in [6, 6.07) is 4.74. The second-order valence-electron chi connectivity index (χ2n) is 8.55. The zero-order valence-corrected chi connectivity index (χ0v) is 18.7. The van der Waals surface area contributed by atoms with Gasteiger partial charge in [-0.1, -0.05) is 28.4 Å². The second kappa shape index (κ2) is 7.72. The van der Waals surface area contributed by atoms with Gasteiger partial charge in [-0.15, -0.1) is 0 Å². The van der Waals surface area contributed by atoms with Crippen LogP contribution in [0.2, 0.25) is 10.0 Å². The van der Waals surface area contributed by atoms with Gasteiger partial charge in [-0.25, -0.2) is 0 Å². The van der Waals surface area contributed by atoms with Gasteiger partial charge in [0.05, 0.1) is 46.5 Å². The quantitative estimate of drug-likeness (QED) is 0.584. The number of halogens is 2. The van der Waals surface area contributed by atoms with Crippen LogP contribution in [0.3, 0.4) is 0 Å². The molecule has 1 amide bonds. The second-order valence-corrected chi connectivity index (χ2v) is 9.36. The molecule has 0 spiro atoms. The number of aliphatic hydroxyl groups excluding tert-OH is 1. The van der Waals surface area contributed by atoms with Crippen molar-refractivity contribution in [1.82, 2.24) is 19.8 Å². The maximum atomic E-state index is 13.3. The van der Waals surface area contributed by atoms with Crippen LogP contribution >= 0.6 is 23.2 Å². The average molecular weight is 475 g/mol. The van der Waals surface area contributed by atoms with Crippen LogP contribution in [0.1, 0.15) is 34.1 Å². The van der Waals surface area contributed by atoms with E-state index in [4.69, 9.17) is 32.8 Å². The van der Waals surface area contributed by atoms with Gasteiger partial charge in [0.15, 0.2) is 0 Å².